The van der Waals surface area contributed by atoms with E-state index in [4.69, 9.17) is 21.7 Å². The Hall–Kier alpha value is -2.32. The summed E-state index contributed by atoms with van der Waals surface area (Å²) in [5, 5.41) is 2.93. The lowest BCUT2D eigenvalue weighted by molar-refractivity contribution is -0.126. The normalized spacial score (nSPS) is 22.2. The molecule has 1 atom stereocenters. The van der Waals surface area contributed by atoms with Gasteiger partial charge in [0.2, 0.25) is 12.7 Å². The van der Waals surface area contributed by atoms with E-state index in [0.717, 1.165) is 24.8 Å². The van der Waals surface area contributed by atoms with Crippen LogP contribution in [0.2, 0.25) is 0 Å². The Morgan fingerprint density at radius 3 is 3.00 bits per heavy atom. The lowest BCUT2D eigenvalue weighted by atomic mass is 9.94. The number of ether oxygens (including phenoxy) is 2. The highest BCUT2D eigenvalue weighted by atomic mass is 32.2. The maximum absolute atomic E-state index is 12.7. The van der Waals surface area contributed by atoms with Crippen molar-refractivity contribution in [3.05, 3.63) is 40.8 Å². The number of fused-ring (bicyclic) bond motifs is 1. The number of rotatable bonds is 5. The molecule has 1 aliphatic carbocycles. The minimum absolute atomic E-state index is 0.0297. The molecule has 1 saturated heterocycles. The molecule has 2 aliphatic heterocycles. The highest BCUT2D eigenvalue weighted by Crippen LogP contribution is 2.36. The summed E-state index contributed by atoms with van der Waals surface area (Å²) in [6.07, 6.45) is 8.56. The Morgan fingerprint density at radius 1 is 1.32 bits per heavy atom. The van der Waals surface area contributed by atoms with Gasteiger partial charge in [0.15, 0.2) is 11.5 Å². The van der Waals surface area contributed by atoms with Gasteiger partial charge in [-0.2, -0.15) is 0 Å². The first-order valence-corrected chi connectivity index (χ1v) is 10.4. The van der Waals surface area contributed by atoms with Crippen LogP contribution < -0.4 is 14.8 Å². The number of hydrogen-bond donors (Lipinski definition) is 1. The molecule has 28 heavy (non-hydrogen) atoms. The summed E-state index contributed by atoms with van der Waals surface area (Å²) in [6.45, 7) is 0.976. The monoisotopic (exact) mass is 416 g/mol. The third-order valence-corrected chi connectivity index (χ3v) is 6.22. The van der Waals surface area contributed by atoms with Crippen LogP contribution in [0, 0.1) is 5.92 Å². The molecule has 0 radical (unpaired) electrons. The van der Waals surface area contributed by atoms with Crippen LogP contribution in [0.3, 0.4) is 0 Å². The van der Waals surface area contributed by atoms with Gasteiger partial charge in [-0.15, -0.1) is 0 Å². The maximum Gasteiger partial charge on any atom is 0.266 e. The predicted octanol–water partition coefficient (Wildman–Crippen LogP) is 3.09. The van der Waals surface area contributed by atoms with Crippen molar-refractivity contribution < 1.29 is 19.1 Å². The first-order valence-electron chi connectivity index (χ1n) is 9.19. The number of amides is 2. The zero-order valence-corrected chi connectivity index (χ0v) is 16.8. The molecular formula is C20H20N2O4S2. The molecule has 0 saturated carbocycles. The van der Waals surface area contributed by atoms with Gasteiger partial charge in [-0.3, -0.25) is 14.5 Å². The van der Waals surface area contributed by atoms with Crippen LogP contribution in [0.25, 0.3) is 6.08 Å². The van der Waals surface area contributed by atoms with E-state index in [1.54, 1.807) is 11.0 Å². The molecule has 0 aromatic heterocycles. The minimum atomic E-state index is -0.137. The van der Waals surface area contributed by atoms with Gasteiger partial charge in [0.25, 0.3) is 5.91 Å². The summed E-state index contributed by atoms with van der Waals surface area (Å²) in [4.78, 5) is 27.0. The summed E-state index contributed by atoms with van der Waals surface area (Å²) < 4.78 is 11.2. The number of thioether (sulfide) groups is 1. The molecule has 3 aliphatic rings. The Kier molecular flexibility index (Phi) is 5.68. The maximum atomic E-state index is 12.7. The summed E-state index contributed by atoms with van der Waals surface area (Å²) in [5.74, 6) is 1.31. The highest BCUT2D eigenvalue weighted by Gasteiger charge is 2.32. The van der Waals surface area contributed by atoms with Crippen molar-refractivity contribution in [1.29, 1.82) is 0 Å². The van der Waals surface area contributed by atoms with Crippen LogP contribution in [-0.2, 0) is 9.59 Å². The number of carbonyl (C=O) groups is 2. The number of nitrogens with zero attached hydrogens (tertiary/aromatic N) is 1. The van der Waals surface area contributed by atoms with Crippen LogP contribution in [0.1, 0.15) is 24.8 Å². The average Bonchev–Trinajstić information content (AvgIpc) is 3.28. The standard InChI is InChI=1S/C20H20N2O4S2/c23-18(14-4-2-1-3-5-14)21-8-9-22-19(24)17(28-20(22)27)11-13-6-7-15-16(10-13)26-12-25-15/h1-2,6-7,10-11,14H,3-5,8-9,12H2,(H,21,23)/b17-11+. The van der Waals surface area contributed by atoms with Gasteiger partial charge in [0.05, 0.1) is 4.91 Å². The quantitative estimate of drug-likeness (QED) is 0.452. The molecule has 1 fully saturated rings. The second kappa shape index (κ2) is 8.36. The van der Waals surface area contributed by atoms with Gasteiger partial charge in [0.1, 0.15) is 4.32 Å². The van der Waals surface area contributed by atoms with E-state index in [9.17, 15) is 9.59 Å². The molecule has 1 unspecified atom stereocenters. The molecule has 146 valence electrons. The van der Waals surface area contributed by atoms with E-state index in [1.165, 1.54) is 11.8 Å². The molecule has 6 nitrogen and oxygen atoms in total. The van der Waals surface area contributed by atoms with Gasteiger partial charge < -0.3 is 14.8 Å². The molecule has 2 amide bonds. The number of benzene rings is 1. The molecule has 1 aromatic carbocycles. The van der Waals surface area contributed by atoms with E-state index in [-0.39, 0.29) is 24.5 Å². The van der Waals surface area contributed by atoms with Crippen molar-refractivity contribution in [2.24, 2.45) is 5.92 Å². The van der Waals surface area contributed by atoms with E-state index in [1.807, 2.05) is 18.2 Å². The SMILES string of the molecule is O=C(NCCN1C(=O)/C(=C\c2ccc3c(c2)OCO3)SC1=S)C1CC=CCC1. The zero-order valence-electron chi connectivity index (χ0n) is 15.2. The highest BCUT2D eigenvalue weighted by molar-refractivity contribution is 8.26. The third kappa shape index (κ3) is 4.07. The van der Waals surface area contributed by atoms with Crippen LogP contribution in [0.5, 0.6) is 11.5 Å². The molecule has 1 aromatic rings. The molecule has 4 rings (SSSR count). The Morgan fingerprint density at radius 2 is 2.18 bits per heavy atom. The Labute approximate surface area is 172 Å². The molecule has 0 bridgehead atoms. The number of nitrogens with one attached hydrogen (secondary N) is 1. The van der Waals surface area contributed by atoms with E-state index >= 15 is 0 Å². The fraction of sp³-hybridized carbons (Fsp3) is 0.350. The number of thiocarbonyl (C=S) groups is 1. The second-order valence-corrected chi connectivity index (χ2v) is 8.39. The molecule has 1 N–H and O–H groups in total. The average molecular weight is 417 g/mol. The Balaban J connectivity index is 1.34. The van der Waals surface area contributed by atoms with Gasteiger partial charge in [-0.1, -0.05) is 42.2 Å². The van der Waals surface area contributed by atoms with Crippen LogP contribution in [0.15, 0.2) is 35.3 Å². The second-order valence-electron chi connectivity index (χ2n) is 6.72. The fourth-order valence-corrected chi connectivity index (χ4v) is 4.62. The van der Waals surface area contributed by atoms with Crippen LogP contribution in [-0.4, -0.2) is 40.9 Å². The van der Waals surface area contributed by atoms with Crippen molar-refractivity contribution >= 4 is 46.2 Å². The summed E-state index contributed by atoms with van der Waals surface area (Å²) in [7, 11) is 0. The van der Waals surface area contributed by atoms with Crippen molar-refractivity contribution in [3.8, 4) is 11.5 Å². The first kappa shape index (κ1) is 19.0. The summed E-state index contributed by atoms with van der Waals surface area (Å²) >= 11 is 6.63. The smallest absolute Gasteiger partial charge is 0.266 e. The zero-order chi connectivity index (χ0) is 19.5. The van der Waals surface area contributed by atoms with Gasteiger partial charge >= 0.3 is 0 Å². The van der Waals surface area contributed by atoms with Crippen molar-refractivity contribution in [3.63, 3.8) is 0 Å². The fourth-order valence-electron chi connectivity index (χ4n) is 3.31. The third-order valence-electron chi connectivity index (χ3n) is 4.84. The van der Waals surface area contributed by atoms with Crippen molar-refractivity contribution in [1.82, 2.24) is 10.2 Å². The topological polar surface area (TPSA) is 67.9 Å². The number of carbonyl (C=O) groups excluding carboxylic acids is 2. The van der Waals surface area contributed by atoms with Crippen molar-refractivity contribution in [2.75, 3.05) is 19.9 Å². The predicted molar refractivity (Wildman–Crippen MR) is 112 cm³/mol. The molecular weight excluding hydrogens is 396 g/mol. The number of hydrogen-bond acceptors (Lipinski definition) is 6. The van der Waals surface area contributed by atoms with Crippen molar-refractivity contribution in [2.45, 2.75) is 19.3 Å². The summed E-state index contributed by atoms with van der Waals surface area (Å²) in [6, 6.07) is 5.54. The molecule has 0 spiro atoms. The lowest BCUT2D eigenvalue weighted by Crippen LogP contribution is -2.39. The largest absolute Gasteiger partial charge is 0.454 e. The first-order chi connectivity index (χ1) is 13.6. The van der Waals surface area contributed by atoms with E-state index in [0.29, 0.717) is 33.8 Å². The lowest BCUT2D eigenvalue weighted by Gasteiger charge is -2.19. The Bertz CT molecular complexity index is 881. The summed E-state index contributed by atoms with van der Waals surface area (Å²) in [5.41, 5.74) is 0.850. The van der Waals surface area contributed by atoms with Crippen LogP contribution in [0.4, 0.5) is 0 Å². The molecule has 8 heteroatoms. The van der Waals surface area contributed by atoms with Gasteiger partial charge in [-0.05, 0) is 43.0 Å². The van der Waals surface area contributed by atoms with Gasteiger partial charge in [-0.25, -0.2) is 0 Å². The van der Waals surface area contributed by atoms with Crippen LogP contribution >= 0.6 is 24.0 Å². The van der Waals surface area contributed by atoms with Gasteiger partial charge in [0, 0.05) is 19.0 Å². The minimum Gasteiger partial charge on any atom is -0.454 e. The number of allylic oxidation sites excluding steroid dienone is 2. The van der Waals surface area contributed by atoms with E-state index < -0.39 is 0 Å². The van der Waals surface area contributed by atoms with E-state index in [2.05, 4.69) is 17.5 Å². The molecule has 2 heterocycles.